The molecule has 134 valence electrons. The van der Waals surface area contributed by atoms with Crippen molar-refractivity contribution >= 4 is 17.3 Å². The molecule has 0 radical (unpaired) electrons. The summed E-state index contributed by atoms with van der Waals surface area (Å²) in [5.41, 5.74) is 1.50. The first-order valence-corrected chi connectivity index (χ1v) is 10.1. The first-order chi connectivity index (χ1) is 11.7. The number of fused-ring (bicyclic) bond motifs is 1. The number of aliphatic hydroxyl groups is 1. The van der Waals surface area contributed by atoms with Gasteiger partial charge >= 0.3 is 0 Å². The maximum absolute atomic E-state index is 9.63. The summed E-state index contributed by atoms with van der Waals surface area (Å²) in [6.45, 7) is 7.03. The molecule has 1 aromatic heterocycles. The normalized spacial score (nSPS) is 25.3. The Morgan fingerprint density at radius 2 is 2.21 bits per heavy atom. The van der Waals surface area contributed by atoms with Gasteiger partial charge in [0, 0.05) is 37.1 Å². The van der Waals surface area contributed by atoms with E-state index in [0.29, 0.717) is 6.04 Å². The van der Waals surface area contributed by atoms with Crippen LogP contribution in [0.3, 0.4) is 0 Å². The van der Waals surface area contributed by atoms with Crippen molar-refractivity contribution in [3.05, 3.63) is 21.9 Å². The van der Waals surface area contributed by atoms with Gasteiger partial charge in [0.1, 0.15) is 0 Å². The summed E-state index contributed by atoms with van der Waals surface area (Å²) < 4.78 is 0. The van der Waals surface area contributed by atoms with E-state index in [1.807, 2.05) is 11.3 Å². The first kappa shape index (κ1) is 17.7. The average Bonchev–Trinajstić information content (AvgIpc) is 3.05. The Labute approximate surface area is 149 Å². The molecular formula is C18H30N4OS. The molecule has 6 heteroatoms. The fraction of sp³-hybridized carbons (Fsp3) is 0.722. The van der Waals surface area contributed by atoms with E-state index in [2.05, 4.69) is 33.9 Å². The Morgan fingerprint density at radius 3 is 3.00 bits per heavy atom. The molecule has 0 amide bonds. The first-order valence-electron chi connectivity index (χ1n) is 9.25. The third kappa shape index (κ3) is 4.94. The Bertz CT molecular complexity index is 537. The molecule has 1 aliphatic heterocycles. The van der Waals surface area contributed by atoms with Gasteiger partial charge in [-0.15, -0.1) is 11.3 Å². The predicted molar refractivity (Wildman–Crippen MR) is 101 cm³/mol. The quantitative estimate of drug-likeness (QED) is 0.561. The lowest BCUT2D eigenvalue weighted by molar-refractivity contribution is 0.120. The van der Waals surface area contributed by atoms with Crippen LogP contribution in [0.25, 0.3) is 0 Å². The Kier molecular flexibility index (Phi) is 6.51. The van der Waals surface area contributed by atoms with Crippen LogP contribution in [-0.4, -0.2) is 54.3 Å². The lowest BCUT2D eigenvalue weighted by Gasteiger charge is -2.28. The van der Waals surface area contributed by atoms with Crippen molar-refractivity contribution in [1.82, 2.24) is 15.5 Å². The van der Waals surface area contributed by atoms with E-state index >= 15 is 0 Å². The number of nitrogens with zero attached hydrogens (tertiary/aromatic N) is 2. The number of aliphatic imine (C=N–C) groups is 1. The van der Waals surface area contributed by atoms with Gasteiger partial charge in [-0.3, -0.25) is 9.89 Å². The van der Waals surface area contributed by atoms with E-state index in [0.717, 1.165) is 64.4 Å². The number of nitrogens with one attached hydrogen (secondary N) is 2. The van der Waals surface area contributed by atoms with E-state index in [4.69, 9.17) is 4.99 Å². The van der Waals surface area contributed by atoms with E-state index in [9.17, 15) is 5.11 Å². The largest absolute Gasteiger partial charge is 0.393 e. The third-order valence-corrected chi connectivity index (χ3v) is 5.98. The second kappa shape index (κ2) is 8.83. The van der Waals surface area contributed by atoms with E-state index in [1.165, 1.54) is 12.0 Å². The van der Waals surface area contributed by atoms with Gasteiger partial charge in [0.15, 0.2) is 5.96 Å². The number of hydrogen-bond acceptors (Lipinski definition) is 4. The van der Waals surface area contributed by atoms with Crippen molar-refractivity contribution in [2.24, 2.45) is 4.99 Å². The summed E-state index contributed by atoms with van der Waals surface area (Å²) in [5, 5.41) is 18.7. The standard InChI is InChI=1S/C18H30N4OS/c1-2-19-18(21-15-3-5-16(23)6-4-15)20-9-11-22-10-7-17-14(13-22)8-12-24-17/h8,12,15-16,23H,2-7,9-11,13H2,1H3,(H2,19,20,21). The number of thiophene rings is 1. The second-order valence-electron chi connectivity index (χ2n) is 6.81. The van der Waals surface area contributed by atoms with Crippen LogP contribution in [0.4, 0.5) is 0 Å². The average molecular weight is 351 g/mol. The zero-order valence-electron chi connectivity index (χ0n) is 14.6. The molecular weight excluding hydrogens is 320 g/mol. The minimum absolute atomic E-state index is 0.108. The molecule has 0 atom stereocenters. The number of aliphatic hydroxyl groups excluding tert-OH is 1. The molecule has 24 heavy (non-hydrogen) atoms. The molecule has 0 spiro atoms. The molecule has 2 aliphatic rings. The van der Waals surface area contributed by atoms with Gasteiger partial charge < -0.3 is 15.7 Å². The molecule has 1 aromatic rings. The monoisotopic (exact) mass is 350 g/mol. The zero-order chi connectivity index (χ0) is 16.8. The van der Waals surface area contributed by atoms with Crippen molar-refractivity contribution < 1.29 is 5.11 Å². The SMILES string of the molecule is CCNC(=NCCN1CCc2sccc2C1)NC1CCC(O)CC1. The summed E-state index contributed by atoms with van der Waals surface area (Å²) >= 11 is 1.89. The summed E-state index contributed by atoms with van der Waals surface area (Å²) in [6.07, 6.45) is 4.92. The number of guanidine groups is 1. The van der Waals surface area contributed by atoms with Gasteiger partial charge in [0.2, 0.25) is 0 Å². The smallest absolute Gasteiger partial charge is 0.191 e. The van der Waals surface area contributed by atoms with Crippen molar-refractivity contribution in [2.75, 3.05) is 26.2 Å². The van der Waals surface area contributed by atoms with Crippen molar-refractivity contribution in [3.63, 3.8) is 0 Å². The van der Waals surface area contributed by atoms with Gasteiger partial charge in [0.25, 0.3) is 0 Å². The van der Waals surface area contributed by atoms with Crippen LogP contribution >= 0.6 is 11.3 Å². The van der Waals surface area contributed by atoms with Gasteiger partial charge in [-0.05, 0) is 56.0 Å². The molecule has 0 unspecified atom stereocenters. The van der Waals surface area contributed by atoms with Gasteiger partial charge in [-0.1, -0.05) is 0 Å². The van der Waals surface area contributed by atoms with Crippen LogP contribution in [0.15, 0.2) is 16.4 Å². The van der Waals surface area contributed by atoms with Crippen LogP contribution in [0.5, 0.6) is 0 Å². The Morgan fingerprint density at radius 1 is 1.38 bits per heavy atom. The van der Waals surface area contributed by atoms with Crippen LogP contribution in [-0.2, 0) is 13.0 Å². The molecule has 0 aromatic carbocycles. The number of rotatable bonds is 5. The van der Waals surface area contributed by atoms with E-state index in [1.54, 1.807) is 4.88 Å². The molecule has 3 rings (SSSR count). The number of hydrogen-bond donors (Lipinski definition) is 3. The fourth-order valence-corrected chi connectivity index (χ4v) is 4.42. The van der Waals surface area contributed by atoms with Crippen LogP contribution in [0, 0.1) is 0 Å². The van der Waals surface area contributed by atoms with Crippen LogP contribution in [0.2, 0.25) is 0 Å². The zero-order valence-corrected chi connectivity index (χ0v) is 15.4. The van der Waals surface area contributed by atoms with E-state index < -0.39 is 0 Å². The van der Waals surface area contributed by atoms with Crippen molar-refractivity contribution in [2.45, 2.75) is 57.7 Å². The molecule has 0 saturated heterocycles. The third-order valence-electron chi connectivity index (χ3n) is 4.95. The minimum Gasteiger partial charge on any atom is -0.393 e. The summed E-state index contributed by atoms with van der Waals surface area (Å²) in [6, 6.07) is 2.70. The molecule has 1 saturated carbocycles. The highest BCUT2D eigenvalue weighted by Gasteiger charge is 2.20. The predicted octanol–water partition coefficient (Wildman–Crippen LogP) is 1.96. The highest BCUT2D eigenvalue weighted by Crippen LogP contribution is 2.23. The Balaban J connectivity index is 1.45. The lowest BCUT2D eigenvalue weighted by Crippen LogP contribution is -2.45. The molecule has 3 N–H and O–H groups in total. The lowest BCUT2D eigenvalue weighted by atomic mass is 9.93. The minimum atomic E-state index is -0.108. The van der Waals surface area contributed by atoms with Gasteiger partial charge in [-0.2, -0.15) is 0 Å². The van der Waals surface area contributed by atoms with Crippen LogP contribution < -0.4 is 10.6 Å². The maximum Gasteiger partial charge on any atom is 0.191 e. The summed E-state index contributed by atoms with van der Waals surface area (Å²) in [5.74, 6) is 0.923. The van der Waals surface area contributed by atoms with Gasteiger partial charge in [0.05, 0.1) is 12.6 Å². The van der Waals surface area contributed by atoms with E-state index in [-0.39, 0.29) is 6.10 Å². The highest BCUT2D eigenvalue weighted by atomic mass is 32.1. The molecule has 2 heterocycles. The topological polar surface area (TPSA) is 59.9 Å². The van der Waals surface area contributed by atoms with Crippen molar-refractivity contribution in [3.8, 4) is 0 Å². The molecule has 1 fully saturated rings. The van der Waals surface area contributed by atoms with Crippen LogP contribution in [0.1, 0.15) is 43.0 Å². The van der Waals surface area contributed by atoms with Crippen molar-refractivity contribution in [1.29, 1.82) is 0 Å². The van der Waals surface area contributed by atoms with Gasteiger partial charge in [-0.25, -0.2) is 0 Å². The molecule has 5 nitrogen and oxygen atoms in total. The highest BCUT2D eigenvalue weighted by molar-refractivity contribution is 7.10. The second-order valence-corrected chi connectivity index (χ2v) is 7.81. The fourth-order valence-electron chi connectivity index (χ4n) is 3.53. The molecule has 0 bridgehead atoms. The molecule has 1 aliphatic carbocycles. The summed E-state index contributed by atoms with van der Waals surface area (Å²) in [7, 11) is 0. The Hall–Kier alpha value is -1.11. The maximum atomic E-state index is 9.63. The summed E-state index contributed by atoms with van der Waals surface area (Å²) in [4.78, 5) is 8.82.